The number of aromatic nitrogens is 4. The first kappa shape index (κ1) is 13.0. The van der Waals surface area contributed by atoms with E-state index in [1.807, 2.05) is 32.0 Å². The summed E-state index contributed by atoms with van der Waals surface area (Å²) in [5.74, 6) is 0.0520. The Balaban J connectivity index is 1.96. The van der Waals surface area contributed by atoms with Crippen LogP contribution in [0.3, 0.4) is 0 Å². The highest BCUT2D eigenvalue weighted by atomic mass is 16.5. The lowest BCUT2D eigenvalue weighted by molar-refractivity contribution is -0.138. The number of carboxylic acid groups (broad SMARTS) is 1. The highest BCUT2D eigenvalue weighted by Crippen LogP contribution is 2.16. The van der Waals surface area contributed by atoms with Gasteiger partial charge in [0, 0.05) is 0 Å². The summed E-state index contributed by atoms with van der Waals surface area (Å²) in [5.41, 5.74) is 2.33. The molecule has 100 valence electrons. The molecule has 0 fully saturated rings. The van der Waals surface area contributed by atoms with Crippen LogP contribution in [0.5, 0.6) is 5.75 Å². The predicted molar refractivity (Wildman–Crippen MR) is 65.7 cm³/mol. The van der Waals surface area contributed by atoms with Gasteiger partial charge in [0.15, 0.2) is 13.2 Å². The smallest absolute Gasteiger partial charge is 0.327 e. The molecule has 1 N–H and O–H groups in total. The van der Waals surface area contributed by atoms with E-state index in [2.05, 4.69) is 15.4 Å². The molecule has 0 saturated heterocycles. The van der Waals surface area contributed by atoms with E-state index in [0.717, 1.165) is 16.1 Å². The van der Waals surface area contributed by atoms with Crippen LogP contribution in [0.25, 0.3) is 0 Å². The van der Waals surface area contributed by atoms with Gasteiger partial charge in [0.1, 0.15) is 5.75 Å². The van der Waals surface area contributed by atoms with Crippen molar-refractivity contribution in [2.24, 2.45) is 0 Å². The number of rotatable bonds is 5. The maximum absolute atomic E-state index is 10.5. The maximum Gasteiger partial charge on any atom is 0.327 e. The molecule has 0 atom stereocenters. The number of carboxylic acids is 1. The van der Waals surface area contributed by atoms with E-state index >= 15 is 0 Å². The van der Waals surface area contributed by atoms with Gasteiger partial charge in [0.05, 0.1) is 0 Å². The molecule has 1 heterocycles. The molecular formula is C12H14N4O3. The second-order valence-corrected chi connectivity index (χ2v) is 4.16. The van der Waals surface area contributed by atoms with Gasteiger partial charge in [-0.3, -0.25) is 4.79 Å². The zero-order chi connectivity index (χ0) is 13.8. The van der Waals surface area contributed by atoms with Crippen LogP contribution in [-0.4, -0.2) is 31.3 Å². The number of nitrogens with zero attached hydrogens (tertiary/aromatic N) is 4. The van der Waals surface area contributed by atoms with E-state index in [1.165, 1.54) is 5.56 Å². The van der Waals surface area contributed by atoms with E-state index < -0.39 is 5.97 Å². The fourth-order valence-electron chi connectivity index (χ4n) is 1.47. The molecule has 0 bridgehead atoms. The molecule has 7 heteroatoms. The Morgan fingerprint density at radius 3 is 2.84 bits per heavy atom. The van der Waals surface area contributed by atoms with Crippen LogP contribution in [0.2, 0.25) is 0 Å². The summed E-state index contributed by atoms with van der Waals surface area (Å²) < 4.78 is 5.52. The highest BCUT2D eigenvalue weighted by Gasteiger charge is 2.07. The number of aliphatic carboxylic acids is 1. The van der Waals surface area contributed by atoms with Gasteiger partial charge in [-0.05, 0) is 42.3 Å². The number of benzene rings is 1. The normalized spacial score (nSPS) is 10.4. The Hall–Kier alpha value is -2.44. The lowest BCUT2D eigenvalue weighted by Gasteiger charge is -2.05. The molecule has 0 aliphatic heterocycles. The third-order valence-electron chi connectivity index (χ3n) is 2.62. The van der Waals surface area contributed by atoms with Crippen LogP contribution < -0.4 is 4.74 Å². The average Bonchev–Trinajstić information content (AvgIpc) is 2.77. The summed E-state index contributed by atoms with van der Waals surface area (Å²) >= 11 is 0. The van der Waals surface area contributed by atoms with E-state index in [-0.39, 0.29) is 13.2 Å². The molecule has 0 saturated carbocycles. The Morgan fingerprint density at radius 1 is 1.37 bits per heavy atom. The summed E-state index contributed by atoms with van der Waals surface area (Å²) in [6.45, 7) is 3.88. The molecule has 1 aromatic carbocycles. The lowest BCUT2D eigenvalue weighted by Crippen LogP contribution is -2.12. The molecule has 0 aliphatic carbocycles. The van der Waals surface area contributed by atoms with E-state index in [1.54, 1.807) is 0 Å². The molecule has 7 nitrogen and oxygen atoms in total. The molecule has 19 heavy (non-hydrogen) atoms. The van der Waals surface area contributed by atoms with Crippen molar-refractivity contribution in [1.29, 1.82) is 0 Å². The van der Waals surface area contributed by atoms with Gasteiger partial charge >= 0.3 is 5.97 Å². The molecule has 0 amide bonds. The summed E-state index contributed by atoms with van der Waals surface area (Å²) in [4.78, 5) is 11.5. The zero-order valence-electron chi connectivity index (χ0n) is 10.7. The fraction of sp³-hybridized carbons (Fsp3) is 0.333. The first-order chi connectivity index (χ1) is 9.04. The zero-order valence-corrected chi connectivity index (χ0v) is 10.7. The molecule has 2 aromatic rings. The molecular weight excluding hydrogens is 248 g/mol. The molecule has 0 unspecified atom stereocenters. The minimum atomic E-state index is -1.01. The number of hydrogen-bond acceptors (Lipinski definition) is 5. The van der Waals surface area contributed by atoms with Gasteiger partial charge in [-0.2, -0.15) is 4.80 Å². The van der Waals surface area contributed by atoms with Crippen LogP contribution in [0, 0.1) is 13.8 Å². The monoisotopic (exact) mass is 262 g/mol. The minimum absolute atomic E-state index is 0.155. The average molecular weight is 262 g/mol. The van der Waals surface area contributed by atoms with Crippen molar-refractivity contribution >= 4 is 5.97 Å². The van der Waals surface area contributed by atoms with E-state index in [4.69, 9.17) is 9.84 Å². The SMILES string of the molecule is Cc1ccc(OCc2nnn(CC(=O)O)n2)cc1C. The maximum atomic E-state index is 10.5. The van der Waals surface area contributed by atoms with Crippen LogP contribution >= 0.6 is 0 Å². The Morgan fingerprint density at radius 2 is 2.16 bits per heavy atom. The van der Waals surface area contributed by atoms with Crippen molar-refractivity contribution in [3.05, 3.63) is 35.2 Å². The standard InChI is InChI=1S/C12H14N4O3/c1-8-3-4-10(5-9(8)2)19-7-11-13-15-16(14-11)6-12(17)18/h3-5H,6-7H2,1-2H3,(H,17,18). The van der Waals surface area contributed by atoms with Crippen molar-refractivity contribution < 1.29 is 14.6 Å². The molecule has 2 rings (SSSR count). The number of carbonyl (C=O) groups is 1. The second-order valence-electron chi connectivity index (χ2n) is 4.16. The quantitative estimate of drug-likeness (QED) is 0.862. The number of ether oxygens (including phenoxy) is 1. The van der Waals surface area contributed by atoms with Gasteiger partial charge < -0.3 is 9.84 Å². The van der Waals surface area contributed by atoms with E-state index in [0.29, 0.717) is 5.82 Å². The third kappa shape index (κ3) is 3.51. The van der Waals surface area contributed by atoms with Crippen molar-refractivity contribution in [3.63, 3.8) is 0 Å². The summed E-state index contributed by atoms with van der Waals surface area (Å²) in [7, 11) is 0. The van der Waals surface area contributed by atoms with Gasteiger partial charge in [0.2, 0.25) is 5.82 Å². The summed E-state index contributed by atoms with van der Waals surface area (Å²) in [6.07, 6.45) is 0. The first-order valence-electron chi connectivity index (χ1n) is 5.73. The van der Waals surface area contributed by atoms with Gasteiger partial charge in [0.25, 0.3) is 0 Å². The summed E-state index contributed by atoms with van der Waals surface area (Å²) in [6, 6.07) is 5.76. The highest BCUT2D eigenvalue weighted by molar-refractivity contribution is 5.66. The first-order valence-corrected chi connectivity index (χ1v) is 5.73. The third-order valence-corrected chi connectivity index (χ3v) is 2.62. The van der Waals surface area contributed by atoms with Gasteiger partial charge in [-0.1, -0.05) is 6.07 Å². The van der Waals surface area contributed by atoms with Gasteiger partial charge in [-0.25, -0.2) is 0 Å². The van der Waals surface area contributed by atoms with E-state index in [9.17, 15) is 4.79 Å². The van der Waals surface area contributed by atoms with Crippen molar-refractivity contribution in [2.75, 3.05) is 0 Å². The minimum Gasteiger partial charge on any atom is -0.485 e. The summed E-state index contributed by atoms with van der Waals surface area (Å²) in [5, 5.41) is 19.8. The van der Waals surface area contributed by atoms with Crippen molar-refractivity contribution in [1.82, 2.24) is 20.2 Å². The Bertz CT molecular complexity index is 594. The van der Waals surface area contributed by atoms with Crippen LogP contribution in [0.15, 0.2) is 18.2 Å². The van der Waals surface area contributed by atoms with Crippen LogP contribution in [-0.2, 0) is 17.9 Å². The van der Waals surface area contributed by atoms with Gasteiger partial charge in [-0.15, -0.1) is 10.2 Å². The molecule has 0 spiro atoms. The van der Waals surface area contributed by atoms with Crippen LogP contribution in [0.4, 0.5) is 0 Å². The second kappa shape index (κ2) is 5.47. The van der Waals surface area contributed by atoms with Crippen LogP contribution in [0.1, 0.15) is 17.0 Å². The lowest BCUT2D eigenvalue weighted by atomic mass is 10.1. The predicted octanol–water partition coefficient (Wildman–Crippen LogP) is 0.954. The Labute approximate surface area is 109 Å². The fourth-order valence-corrected chi connectivity index (χ4v) is 1.47. The largest absolute Gasteiger partial charge is 0.485 e. The Kier molecular flexibility index (Phi) is 3.74. The topological polar surface area (TPSA) is 90.1 Å². The molecule has 0 radical (unpaired) electrons. The molecule has 1 aromatic heterocycles. The van der Waals surface area contributed by atoms with Crippen molar-refractivity contribution in [3.8, 4) is 5.75 Å². The van der Waals surface area contributed by atoms with Crippen molar-refractivity contribution in [2.45, 2.75) is 27.0 Å². The molecule has 0 aliphatic rings. The number of tetrazole rings is 1. The number of aryl methyl sites for hydroxylation is 2. The number of hydrogen-bond donors (Lipinski definition) is 1.